The van der Waals surface area contributed by atoms with Gasteiger partial charge in [0.25, 0.3) is 0 Å². The molecule has 0 radical (unpaired) electrons. The average Bonchev–Trinajstić information content (AvgIpc) is 2.53. The van der Waals surface area contributed by atoms with E-state index in [1.165, 1.54) is 39.3 Å². The van der Waals surface area contributed by atoms with Gasteiger partial charge in [0, 0.05) is 12.1 Å². The quantitative estimate of drug-likeness (QED) is 0.700. The Morgan fingerprint density at radius 1 is 1.17 bits per heavy atom. The van der Waals surface area contributed by atoms with Gasteiger partial charge in [0.05, 0.1) is 25.2 Å². The van der Waals surface area contributed by atoms with Gasteiger partial charge in [0.1, 0.15) is 0 Å². The van der Waals surface area contributed by atoms with Crippen molar-refractivity contribution in [3.63, 3.8) is 0 Å². The van der Waals surface area contributed by atoms with E-state index in [2.05, 4.69) is 10.0 Å². The third kappa shape index (κ3) is 5.38. The van der Waals surface area contributed by atoms with Gasteiger partial charge in [-0.05, 0) is 32.4 Å². The third-order valence-electron chi connectivity index (χ3n) is 3.50. The molecule has 0 aliphatic carbocycles. The lowest BCUT2D eigenvalue weighted by Crippen LogP contribution is -2.47. The summed E-state index contributed by atoms with van der Waals surface area (Å²) in [6.45, 7) is 5.41. The topological polar surface area (TPSA) is 93.7 Å². The van der Waals surface area contributed by atoms with E-state index in [1.54, 1.807) is 0 Å². The molecule has 1 rings (SSSR count). The van der Waals surface area contributed by atoms with Crippen molar-refractivity contribution in [2.45, 2.75) is 50.6 Å². The van der Waals surface area contributed by atoms with Crippen LogP contribution in [0, 0.1) is 0 Å². The summed E-state index contributed by atoms with van der Waals surface area (Å²) in [6, 6.07) is 3.36. The van der Waals surface area contributed by atoms with Gasteiger partial charge in [-0.3, -0.25) is 4.79 Å². The molecule has 7 nitrogen and oxygen atoms in total. The van der Waals surface area contributed by atoms with Crippen LogP contribution in [0.5, 0.6) is 11.5 Å². The van der Waals surface area contributed by atoms with E-state index in [0.717, 1.165) is 12.8 Å². The Labute approximate surface area is 143 Å². The smallest absolute Gasteiger partial charge is 0.241 e. The van der Waals surface area contributed by atoms with Crippen LogP contribution in [0.25, 0.3) is 0 Å². The van der Waals surface area contributed by atoms with Crippen LogP contribution in [0.3, 0.4) is 0 Å². The van der Waals surface area contributed by atoms with Gasteiger partial charge in [-0.25, -0.2) is 8.42 Å². The number of benzene rings is 1. The second kappa shape index (κ2) is 8.89. The van der Waals surface area contributed by atoms with Crippen molar-refractivity contribution in [2.24, 2.45) is 0 Å². The summed E-state index contributed by atoms with van der Waals surface area (Å²) in [7, 11) is -0.967. The van der Waals surface area contributed by atoms with Crippen molar-refractivity contribution < 1.29 is 22.7 Å². The fraction of sp³-hybridized carbons (Fsp3) is 0.562. The predicted octanol–water partition coefficient (Wildman–Crippen LogP) is 1.68. The minimum absolute atomic E-state index is 0.00130. The Morgan fingerprint density at radius 2 is 1.79 bits per heavy atom. The maximum absolute atomic E-state index is 12.4. The lowest BCUT2D eigenvalue weighted by Gasteiger charge is -2.18. The molecular weight excluding hydrogens is 332 g/mol. The lowest BCUT2D eigenvalue weighted by molar-refractivity contribution is -0.123. The van der Waals surface area contributed by atoms with Crippen LogP contribution in [0.15, 0.2) is 23.1 Å². The Bertz CT molecular complexity index is 660. The van der Waals surface area contributed by atoms with Gasteiger partial charge in [-0.2, -0.15) is 4.72 Å². The number of ether oxygens (including phenoxy) is 2. The van der Waals surface area contributed by atoms with E-state index in [9.17, 15) is 13.2 Å². The van der Waals surface area contributed by atoms with Crippen LogP contribution in [-0.2, 0) is 14.8 Å². The van der Waals surface area contributed by atoms with Crippen LogP contribution in [0.1, 0.15) is 33.6 Å². The molecule has 0 heterocycles. The SMILES string of the molecule is CCC[C@@H](C)NC(=O)[C@@H](C)NS(=O)(=O)c1ccc(OC)c(OC)c1. The predicted molar refractivity (Wildman–Crippen MR) is 91.8 cm³/mol. The van der Waals surface area contributed by atoms with Gasteiger partial charge in [0.2, 0.25) is 15.9 Å². The number of hydrogen-bond acceptors (Lipinski definition) is 5. The summed E-state index contributed by atoms with van der Waals surface area (Å²) in [5.74, 6) is 0.365. The second-order valence-corrected chi connectivity index (χ2v) is 7.27. The number of methoxy groups -OCH3 is 2. The van der Waals surface area contributed by atoms with E-state index >= 15 is 0 Å². The molecule has 0 spiro atoms. The first-order chi connectivity index (χ1) is 11.2. The summed E-state index contributed by atoms with van der Waals surface area (Å²) in [6.07, 6.45) is 1.77. The third-order valence-corrected chi connectivity index (χ3v) is 5.04. The molecule has 0 bridgehead atoms. The Kier molecular flexibility index (Phi) is 7.50. The number of carbonyl (C=O) groups is 1. The molecule has 0 aromatic heterocycles. The fourth-order valence-electron chi connectivity index (χ4n) is 2.21. The Morgan fingerprint density at radius 3 is 2.33 bits per heavy atom. The zero-order valence-corrected chi connectivity index (χ0v) is 15.6. The van der Waals surface area contributed by atoms with Crippen molar-refractivity contribution in [1.82, 2.24) is 10.0 Å². The lowest BCUT2D eigenvalue weighted by atomic mass is 10.2. The first-order valence-corrected chi connectivity index (χ1v) is 9.28. The second-order valence-electron chi connectivity index (χ2n) is 5.56. The van der Waals surface area contributed by atoms with Crippen molar-refractivity contribution in [3.05, 3.63) is 18.2 Å². The zero-order chi connectivity index (χ0) is 18.3. The van der Waals surface area contributed by atoms with Crippen molar-refractivity contribution in [2.75, 3.05) is 14.2 Å². The molecule has 1 amide bonds. The summed E-state index contributed by atoms with van der Waals surface area (Å²) in [5, 5.41) is 2.78. The maximum atomic E-state index is 12.4. The number of rotatable bonds is 9. The van der Waals surface area contributed by atoms with E-state index in [4.69, 9.17) is 9.47 Å². The molecule has 0 fully saturated rings. The van der Waals surface area contributed by atoms with Crippen LogP contribution >= 0.6 is 0 Å². The molecule has 2 atom stereocenters. The average molecular weight is 358 g/mol. The highest BCUT2D eigenvalue weighted by molar-refractivity contribution is 7.89. The molecule has 1 aromatic rings. The van der Waals surface area contributed by atoms with Crippen molar-refractivity contribution in [1.29, 1.82) is 0 Å². The van der Waals surface area contributed by atoms with Gasteiger partial charge in [0.15, 0.2) is 11.5 Å². The summed E-state index contributed by atoms with van der Waals surface area (Å²) >= 11 is 0. The molecule has 0 unspecified atom stereocenters. The largest absolute Gasteiger partial charge is 0.493 e. The minimum Gasteiger partial charge on any atom is -0.493 e. The number of carbonyl (C=O) groups excluding carboxylic acids is 1. The van der Waals surface area contributed by atoms with Gasteiger partial charge in [-0.1, -0.05) is 13.3 Å². The monoisotopic (exact) mass is 358 g/mol. The van der Waals surface area contributed by atoms with E-state index in [-0.39, 0.29) is 16.8 Å². The summed E-state index contributed by atoms with van der Waals surface area (Å²) in [4.78, 5) is 12.1. The molecule has 24 heavy (non-hydrogen) atoms. The van der Waals surface area contributed by atoms with Gasteiger partial charge >= 0.3 is 0 Å². The molecule has 8 heteroatoms. The molecule has 1 aromatic carbocycles. The van der Waals surface area contributed by atoms with Crippen molar-refractivity contribution in [3.8, 4) is 11.5 Å². The van der Waals surface area contributed by atoms with Crippen LogP contribution in [-0.4, -0.2) is 40.6 Å². The molecule has 0 saturated carbocycles. The Balaban J connectivity index is 2.87. The van der Waals surface area contributed by atoms with Crippen LogP contribution < -0.4 is 19.5 Å². The highest BCUT2D eigenvalue weighted by Crippen LogP contribution is 2.29. The van der Waals surface area contributed by atoms with Crippen molar-refractivity contribution >= 4 is 15.9 Å². The highest BCUT2D eigenvalue weighted by Gasteiger charge is 2.24. The highest BCUT2D eigenvalue weighted by atomic mass is 32.2. The standard InChI is InChI=1S/C16H26N2O5S/c1-6-7-11(2)17-16(19)12(3)18-24(20,21)13-8-9-14(22-4)15(10-13)23-5/h8-12,18H,6-7H2,1-5H3,(H,17,19)/t11-,12-/m1/s1. The number of nitrogens with one attached hydrogen (secondary N) is 2. The molecule has 0 aliphatic heterocycles. The molecule has 136 valence electrons. The van der Waals surface area contributed by atoms with Crippen LogP contribution in [0.2, 0.25) is 0 Å². The minimum atomic E-state index is -3.86. The molecular formula is C16H26N2O5S. The number of sulfonamides is 1. The normalized spacial score (nSPS) is 13.9. The van der Waals surface area contributed by atoms with E-state index in [0.29, 0.717) is 11.5 Å². The van der Waals surface area contributed by atoms with Gasteiger partial charge in [-0.15, -0.1) is 0 Å². The molecule has 0 aliphatic rings. The number of amides is 1. The molecule has 0 saturated heterocycles. The van der Waals surface area contributed by atoms with Gasteiger partial charge < -0.3 is 14.8 Å². The number of hydrogen-bond donors (Lipinski definition) is 2. The first-order valence-electron chi connectivity index (χ1n) is 7.79. The first kappa shape index (κ1) is 20.2. The maximum Gasteiger partial charge on any atom is 0.241 e. The van der Waals surface area contributed by atoms with E-state index in [1.807, 2.05) is 13.8 Å². The summed E-state index contributed by atoms with van der Waals surface area (Å²) in [5.41, 5.74) is 0. The molecule has 2 N–H and O–H groups in total. The Hall–Kier alpha value is -1.80. The zero-order valence-electron chi connectivity index (χ0n) is 14.8. The fourth-order valence-corrected chi connectivity index (χ4v) is 3.43. The summed E-state index contributed by atoms with van der Waals surface area (Å²) < 4.78 is 37.4. The van der Waals surface area contributed by atoms with E-state index < -0.39 is 16.1 Å². The van der Waals surface area contributed by atoms with Crippen LogP contribution in [0.4, 0.5) is 0 Å².